The minimum Gasteiger partial charge on any atom is -0.496 e. The summed E-state index contributed by atoms with van der Waals surface area (Å²) < 4.78 is 5.11. The van der Waals surface area contributed by atoms with E-state index in [1.807, 2.05) is 0 Å². The Morgan fingerprint density at radius 3 is 1.97 bits per heavy atom. The Bertz CT molecular complexity index is 1150. The molecule has 0 saturated carbocycles. The van der Waals surface area contributed by atoms with E-state index >= 15 is 0 Å². The Hall–Kier alpha value is -4.46. The summed E-state index contributed by atoms with van der Waals surface area (Å²) in [5.41, 5.74) is 5.55. The molecule has 0 aliphatic rings. The second-order valence-electron chi connectivity index (χ2n) is 6.63. The first-order valence-electron chi connectivity index (χ1n) is 9.70. The van der Waals surface area contributed by atoms with E-state index in [9.17, 15) is 19.2 Å². The van der Waals surface area contributed by atoms with Gasteiger partial charge in [0, 0.05) is 11.1 Å². The summed E-state index contributed by atoms with van der Waals surface area (Å²) in [6.07, 6.45) is 0. The lowest BCUT2D eigenvalue weighted by Gasteiger charge is -2.11. The Kier molecular flexibility index (Phi) is 7.32. The summed E-state index contributed by atoms with van der Waals surface area (Å²) in [5, 5.41) is 2.45. The van der Waals surface area contributed by atoms with E-state index in [0.29, 0.717) is 11.3 Å². The minimum absolute atomic E-state index is 0.146. The molecule has 162 valence electrons. The van der Waals surface area contributed by atoms with Crippen LogP contribution in [-0.4, -0.2) is 37.2 Å². The van der Waals surface area contributed by atoms with Crippen LogP contribution in [0.3, 0.4) is 0 Å². The molecule has 3 N–H and O–H groups in total. The van der Waals surface area contributed by atoms with Gasteiger partial charge in [0.2, 0.25) is 0 Å². The molecule has 0 unspecified atom stereocenters. The second-order valence-corrected chi connectivity index (χ2v) is 6.63. The zero-order chi connectivity index (χ0) is 22.9. The van der Waals surface area contributed by atoms with Crippen molar-refractivity contribution in [3.63, 3.8) is 0 Å². The average Bonchev–Trinajstić information content (AvgIpc) is 2.85. The number of carbonyl (C=O) groups excluding carboxylic acids is 4. The molecule has 0 spiro atoms. The van der Waals surface area contributed by atoms with Crippen molar-refractivity contribution in [2.24, 2.45) is 0 Å². The number of ether oxygens (including phenoxy) is 1. The number of nitrogens with one attached hydrogen (secondary N) is 3. The summed E-state index contributed by atoms with van der Waals surface area (Å²) in [6.45, 7) is -0.404. The van der Waals surface area contributed by atoms with Crippen LogP contribution in [0, 0.1) is 0 Å². The van der Waals surface area contributed by atoms with Crippen LogP contribution in [-0.2, 0) is 4.79 Å². The molecule has 3 aromatic carbocycles. The fourth-order valence-electron chi connectivity index (χ4n) is 2.95. The highest BCUT2D eigenvalue weighted by Gasteiger charge is 2.18. The summed E-state index contributed by atoms with van der Waals surface area (Å²) in [6, 6.07) is 21.5. The summed E-state index contributed by atoms with van der Waals surface area (Å²) >= 11 is 0. The van der Waals surface area contributed by atoms with Crippen LogP contribution >= 0.6 is 0 Å². The largest absolute Gasteiger partial charge is 0.496 e. The van der Waals surface area contributed by atoms with Crippen molar-refractivity contribution >= 4 is 23.5 Å². The molecule has 0 heterocycles. The SMILES string of the molecule is COc1ccccc1C(=O)NNC(=O)CNC(=O)c1ccccc1C(=O)c1ccccc1. The van der Waals surface area contributed by atoms with Crippen LogP contribution in [0.15, 0.2) is 78.9 Å². The van der Waals surface area contributed by atoms with E-state index in [2.05, 4.69) is 16.2 Å². The Morgan fingerprint density at radius 1 is 0.688 bits per heavy atom. The lowest BCUT2D eigenvalue weighted by Crippen LogP contribution is -2.46. The van der Waals surface area contributed by atoms with Gasteiger partial charge in [0.15, 0.2) is 5.78 Å². The number of amides is 3. The number of carbonyl (C=O) groups is 4. The second kappa shape index (κ2) is 10.5. The van der Waals surface area contributed by atoms with E-state index in [-0.39, 0.29) is 22.5 Å². The Labute approximate surface area is 184 Å². The van der Waals surface area contributed by atoms with Gasteiger partial charge in [-0.05, 0) is 18.2 Å². The van der Waals surface area contributed by atoms with Gasteiger partial charge in [-0.1, -0.05) is 60.7 Å². The first kappa shape index (κ1) is 22.2. The maximum atomic E-state index is 12.8. The van der Waals surface area contributed by atoms with E-state index < -0.39 is 24.3 Å². The molecule has 0 saturated heterocycles. The number of para-hydroxylation sites is 1. The van der Waals surface area contributed by atoms with Gasteiger partial charge in [-0.15, -0.1) is 0 Å². The molecule has 8 nitrogen and oxygen atoms in total. The van der Waals surface area contributed by atoms with Crippen LogP contribution in [0.1, 0.15) is 36.6 Å². The molecular formula is C24H21N3O5. The quantitative estimate of drug-likeness (QED) is 0.392. The lowest BCUT2D eigenvalue weighted by molar-refractivity contribution is -0.120. The lowest BCUT2D eigenvalue weighted by atomic mass is 9.98. The first-order valence-corrected chi connectivity index (χ1v) is 9.70. The van der Waals surface area contributed by atoms with Gasteiger partial charge >= 0.3 is 0 Å². The number of hydrogen-bond donors (Lipinski definition) is 3. The summed E-state index contributed by atoms with van der Waals surface area (Å²) in [7, 11) is 1.43. The number of hydrogen-bond acceptors (Lipinski definition) is 5. The Balaban J connectivity index is 1.59. The zero-order valence-corrected chi connectivity index (χ0v) is 17.3. The number of ketones is 1. The zero-order valence-electron chi connectivity index (χ0n) is 17.3. The number of methoxy groups -OCH3 is 1. The minimum atomic E-state index is -0.645. The predicted octanol–water partition coefficient (Wildman–Crippen LogP) is 2.12. The average molecular weight is 431 g/mol. The maximum absolute atomic E-state index is 12.8. The van der Waals surface area contributed by atoms with E-state index in [0.717, 1.165) is 0 Å². The van der Waals surface area contributed by atoms with Crippen LogP contribution in [0.25, 0.3) is 0 Å². The molecule has 8 heteroatoms. The van der Waals surface area contributed by atoms with Gasteiger partial charge in [-0.3, -0.25) is 30.0 Å². The van der Waals surface area contributed by atoms with Crippen LogP contribution in [0.4, 0.5) is 0 Å². The molecule has 0 bridgehead atoms. The van der Waals surface area contributed by atoms with Gasteiger partial charge < -0.3 is 10.1 Å². The van der Waals surface area contributed by atoms with Gasteiger partial charge in [-0.2, -0.15) is 0 Å². The number of rotatable bonds is 7. The van der Waals surface area contributed by atoms with Gasteiger partial charge in [0.25, 0.3) is 17.7 Å². The molecule has 0 aliphatic carbocycles. The first-order chi connectivity index (χ1) is 15.5. The summed E-state index contributed by atoms with van der Waals surface area (Å²) in [5.74, 6) is -1.75. The molecular weight excluding hydrogens is 410 g/mol. The Morgan fingerprint density at radius 2 is 1.28 bits per heavy atom. The van der Waals surface area contributed by atoms with Crippen LogP contribution in [0.2, 0.25) is 0 Å². The molecule has 0 aliphatic heterocycles. The maximum Gasteiger partial charge on any atom is 0.273 e. The number of hydrazine groups is 1. The van der Waals surface area contributed by atoms with Crippen molar-refractivity contribution in [3.05, 3.63) is 101 Å². The number of benzene rings is 3. The standard InChI is InChI=1S/C24H21N3O5/c1-32-20-14-8-7-13-19(20)24(31)27-26-21(28)15-25-23(30)18-12-6-5-11-17(18)22(29)16-9-3-2-4-10-16/h2-14H,15H2,1H3,(H,25,30)(H,26,28)(H,27,31). The summed E-state index contributed by atoms with van der Waals surface area (Å²) in [4.78, 5) is 49.6. The molecule has 3 amide bonds. The van der Waals surface area contributed by atoms with E-state index in [1.54, 1.807) is 72.8 Å². The third kappa shape index (κ3) is 5.37. The highest BCUT2D eigenvalue weighted by atomic mass is 16.5. The molecule has 3 aromatic rings. The van der Waals surface area contributed by atoms with Crippen molar-refractivity contribution in [1.82, 2.24) is 16.2 Å². The monoisotopic (exact) mass is 431 g/mol. The van der Waals surface area contributed by atoms with Crippen molar-refractivity contribution in [1.29, 1.82) is 0 Å². The van der Waals surface area contributed by atoms with E-state index in [4.69, 9.17) is 4.74 Å². The van der Waals surface area contributed by atoms with Gasteiger partial charge in [-0.25, -0.2) is 0 Å². The predicted molar refractivity (Wildman–Crippen MR) is 117 cm³/mol. The topological polar surface area (TPSA) is 114 Å². The fraction of sp³-hybridized carbons (Fsp3) is 0.0833. The molecule has 32 heavy (non-hydrogen) atoms. The van der Waals surface area contributed by atoms with Crippen molar-refractivity contribution in [3.8, 4) is 5.75 Å². The molecule has 0 aromatic heterocycles. The van der Waals surface area contributed by atoms with Crippen molar-refractivity contribution in [2.45, 2.75) is 0 Å². The third-order valence-corrected chi connectivity index (χ3v) is 4.53. The molecule has 0 fully saturated rings. The fourth-order valence-corrected chi connectivity index (χ4v) is 2.95. The van der Waals surface area contributed by atoms with Crippen LogP contribution in [0.5, 0.6) is 5.75 Å². The van der Waals surface area contributed by atoms with E-state index in [1.165, 1.54) is 13.2 Å². The highest BCUT2D eigenvalue weighted by Crippen LogP contribution is 2.17. The smallest absolute Gasteiger partial charge is 0.273 e. The van der Waals surface area contributed by atoms with Crippen molar-refractivity contribution < 1.29 is 23.9 Å². The highest BCUT2D eigenvalue weighted by molar-refractivity contribution is 6.15. The normalized spacial score (nSPS) is 10.0. The molecule has 0 atom stereocenters. The van der Waals surface area contributed by atoms with Crippen LogP contribution < -0.4 is 20.9 Å². The molecule has 0 radical (unpaired) electrons. The van der Waals surface area contributed by atoms with Gasteiger partial charge in [0.05, 0.1) is 24.8 Å². The third-order valence-electron chi connectivity index (χ3n) is 4.53. The van der Waals surface area contributed by atoms with Gasteiger partial charge in [0.1, 0.15) is 5.75 Å². The van der Waals surface area contributed by atoms with Crippen molar-refractivity contribution in [2.75, 3.05) is 13.7 Å². The molecule has 3 rings (SSSR count).